The molecule has 2 aliphatic carbocycles. The lowest BCUT2D eigenvalue weighted by atomic mass is 9.85. The molecule has 3 aliphatic rings. The van der Waals surface area contributed by atoms with E-state index in [1.54, 1.807) is 12.1 Å². The Bertz CT molecular complexity index is 1290. The monoisotopic (exact) mass is 544 g/mol. The molecule has 0 unspecified atom stereocenters. The first kappa shape index (κ1) is 27.3. The smallest absolute Gasteiger partial charge is 0.338 e. The van der Waals surface area contributed by atoms with Crippen molar-refractivity contribution in [2.45, 2.75) is 38.6 Å². The Morgan fingerprint density at radius 1 is 0.925 bits per heavy atom. The molecule has 3 amide bonds. The summed E-state index contributed by atoms with van der Waals surface area (Å²) in [5.74, 6) is -3.39. The molecular formula is C31H32N2O7. The van der Waals surface area contributed by atoms with Gasteiger partial charge in [-0.05, 0) is 54.5 Å². The zero-order chi connectivity index (χ0) is 28.2. The average Bonchev–Trinajstić information content (AvgIpc) is 3.65. The van der Waals surface area contributed by atoms with E-state index in [0.29, 0.717) is 17.9 Å². The minimum absolute atomic E-state index is 0.0141. The number of carbonyl (C=O) groups excluding carboxylic acids is 5. The number of carbonyl (C=O) groups is 5. The summed E-state index contributed by atoms with van der Waals surface area (Å²) in [7, 11) is 0. The number of hydrogen-bond donors (Lipinski definition) is 1. The molecule has 1 aliphatic heterocycles. The lowest BCUT2D eigenvalue weighted by Gasteiger charge is -2.26. The molecule has 40 heavy (non-hydrogen) atoms. The van der Waals surface area contributed by atoms with Gasteiger partial charge in [-0.3, -0.25) is 19.3 Å². The minimum atomic E-state index is -1.17. The molecule has 2 bridgehead atoms. The van der Waals surface area contributed by atoms with E-state index in [1.807, 2.05) is 49.4 Å². The van der Waals surface area contributed by atoms with Crippen LogP contribution in [0.3, 0.4) is 0 Å². The van der Waals surface area contributed by atoms with Crippen LogP contribution in [0.2, 0.25) is 0 Å². The number of likely N-dealkylation sites (tertiary alicyclic amines) is 1. The highest BCUT2D eigenvalue weighted by atomic mass is 16.5. The number of anilines is 1. The highest BCUT2D eigenvalue weighted by Gasteiger charge is 2.61. The predicted octanol–water partition coefficient (Wildman–Crippen LogP) is 3.54. The number of hydrogen-bond acceptors (Lipinski definition) is 7. The second kappa shape index (κ2) is 11.9. The second-order valence-electron chi connectivity index (χ2n) is 10.5. The molecular weight excluding hydrogens is 512 g/mol. The molecule has 0 radical (unpaired) electrons. The Kier molecular flexibility index (Phi) is 8.09. The highest BCUT2D eigenvalue weighted by molar-refractivity contribution is 6.09. The van der Waals surface area contributed by atoms with Gasteiger partial charge in [0.05, 0.1) is 24.0 Å². The van der Waals surface area contributed by atoms with Crippen molar-refractivity contribution < 1.29 is 33.4 Å². The number of nitrogens with zero attached hydrogens (tertiary/aromatic N) is 1. The normalized spacial score (nSPS) is 23.2. The van der Waals surface area contributed by atoms with Crippen LogP contribution in [0.4, 0.5) is 5.69 Å². The van der Waals surface area contributed by atoms with Crippen molar-refractivity contribution in [3.63, 3.8) is 0 Å². The number of rotatable bonds is 11. The first-order valence-corrected chi connectivity index (χ1v) is 13.7. The molecule has 1 heterocycles. The van der Waals surface area contributed by atoms with Crippen LogP contribution in [0, 0.1) is 23.7 Å². The summed E-state index contributed by atoms with van der Waals surface area (Å²) in [4.78, 5) is 65.8. The van der Waals surface area contributed by atoms with Crippen molar-refractivity contribution >= 4 is 35.3 Å². The zero-order valence-electron chi connectivity index (χ0n) is 22.3. The molecule has 5 rings (SSSR count). The third kappa shape index (κ3) is 5.54. The third-order valence-electron chi connectivity index (χ3n) is 7.84. The number of imide groups is 1. The first-order valence-electron chi connectivity index (χ1n) is 13.7. The van der Waals surface area contributed by atoms with Crippen molar-refractivity contribution in [2.24, 2.45) is 23.7 Å². The molecule has 5 atom stereocenters. The van der Waals surface area contributed by atoms with Gasteiger partial charge < -0.3 is 14.8 Å². The number of ether oxygens (including phenoxy) is 2. The van der Waals surface area contributed by atoms with Gasteiger partial charge in [0.15, 0.2) is 6.61 Å². The molecule has 1 N–H and O–H groups in total. The van der Waals surface area contributed by atoms with Gasteiger partial charge in [-0.1, -0.05) is 55.8 Å². The summed E-state index contributed by atoms with van der Waals surface area (Å²) >= 11 is 0. The molecule has 1 saturated heterocycles. The van der Waals surface area contributed by atoms with Crippen LogP contribution < -0.4 is 5.32 Å². The Labute approximate surface area is 232 Å². The van der Waals surface area contributed by atoms with E-state index in [4.69, 9.17) is 9.47 Å². The molecule has 0 spiro atoms. The maximum absolute atomic E-state index is 13.4. The summed E-state index contributed by atoms with van der Waals surface area (Å²) in [5, 5.41) is 2.62. The van der Waals surface area contributed by atoms with E-state index < -0.39 is 42.3 Å². The van der Waals surface area contributed by atoms with Crippen molar-refractivity contribution in [3.05, 3.63) is 77.9 Å². The van der Waals surface area contributed by atoms with Crippen LogP contribution in [0.1, 0.15) is 42.1 Å². The molecule has 2 aromatic rings. The van der Waals surface area contributed by atoms with Crippen molar-refractivity contribution in [1.82, 2.24) is 4.90 Å². The van der Waals surface area contributed by atoms with Gasteiger partial charge in [0.25, 0.3) is 5.91 Å². The molecule has 2 fully saturated rings. The summed E-state index contributed by atoms with van der Waals surface area (Å²) in [6, 6.07) is 14.1. The van der Waals surface area contributed by atoms with E-state index in [2.05, 4.69) is 5.32 Å². The van der Waals surface area contributed by atoms with E-state index in [-0.39, 0.29) is 30.1 Å². The van der Waals surface area contributed by atoms with Crippen LogP contribution in [0.15, 0.2) is 66.7 Å². The van der Waals surface area contributed by atoms with Gasteiger partial charge in [0.2, 0.25) is 11.8 Å². The lowest BCUT2D eigenvalue weighted by Crippen LogP contribution is -2.48. The van der Waals surface area contributed by atoms with Crippen molar-refractivity contribution in [3.8, 4) is 0 Å². The minimum Gasteiger partial charge on any atom is -0.462 e. The number of allylic oxidation sites excluding steroid dienone is 2. The molecule has 9 heteroatoms. The summed E-state index contributed by atoms with van der Waals surface area (Å²) in [6.07, 6.45) is 6.57. The third-order valence-corrected chi connectivity index (χ3v) is 7.84. The predicted molar refractivity (Wildman–Crippen MR) is 145 cm³/mol. The quantitative estimate of drug-likeness (QED) is 0.199. The number of amides is 3. The average molecular weight is 545 g/mol. The maximum Gasteiger partial charge on any atom is 0.338 e. The van der Waals surface area contributed by atoms with Crippen LogP contribution in [0.5, 0.6) is 0 Å². The van der Waals surface area contributed by atoms with Crippen molar-refractivity contribution in [2.75, 3.05) is 18.5 Å². The van der Waals surface area contributed by atoms with Gasteiger partial charge in [0, 0.05) is 12.1 Å². The Balaban J connectivity index is 1.22. The number of esters is 2. The topological polar surface area (TPSA) is 119 Å². The van der Waals surface area contributed by atoms with E-state index in [0.717, 1.165) is 29.7 Å². The second-order valence-corrected chi connectivity index (χ2v) is 10.5. The van der Waals surface area contributed by atoms with E-state index in [9.17, 15) is 24.0 Å². The fourth-order valence-electron chi connectivity index (χ4n) is 5.86. The van der Waals surface area contributed by atoms with Crippen LogP contribution >= 0.6 is 0 Å². The largest absolute Gasteiger partial charge is 0.462 e. The summed E-state index contributed by atoms with van der Waals surface area (Å²) in [5.41, 5.74) is 1.53. The van der Waals surface area contributed by atoms with Gasteiger partial charge in [-0.15, -0.1) is 0 Å². The fourth-order valence-corrected chi connectivity index (χ4v) is 5.86. The molecule has 9 nitrogen and oxygen atoms in total. The maximum atomic E-state index is 13.4. The fraction of sp³-hybridized carbons (Fsp3) is 0.387. The van der Waals surface area contributed by atoms with Crippen LogP contribution in [-0.2, 0) is 35.1 Å². The number of fused-ring (bicyclic) bond motifs is 5. The van der Waals surface area contributed by atoms with E-state index in [1.165, 1.54) is 12.1 Å². The standard InChI is InChI=1S/C31H32N2O7/c1-2-3-15-39-30(37)20-11-13-23(14-12-20)32-25(34)18-40-31(38)24(16-19-7-5-4-6-8-19)33-28(35)26-21-9-10-22(17-21)27(26)29(33)36/h4-14,21-22,24,26-27H,2-3,15-18H2,1H3,(H,32,34)/t21-,22-,24+,26-,27+/m0/s1. The first-order chi connectivity index (χ1) is 19.4. The number of nitrogens with one attached hydrogen (secondary N) is 1. The highest BCUT2D eigenvalue weighted by Crippen LogP contribution is 2.53. The Morgan fingerprint density at radius 2 is 1.57 bits per heavy atom. The van der Waals surface area contributed by atoms with Gasteiger partial charge in [-0.2, -0.15) is 0 Å². The molecule has 1 saturated carbocycles. The lowest BCUT2D eigenvalue weighted by molar-refractivity contribution is -0.160. The zero-order valence-corrected chi connectivity index (χ0v) is 22.3. The molecule has 2 aromatic carbocycles. The molecule has 208 valence electrons. The van der Waals surface area contributed by atoms with Gasteiger partial charge in [0.1, 0.15) is 6.04 Å². The SMILES string of the molecule is CCCCOC(=O)c1ccc(NC(=O)COC(=O)[C@@H](Cc2ccccc2)N2C(=O)[C@@H]3[C@H](C2=O)[C@H]2C=C[C@H]3C2)cc1. The van der Waals surface area contributed by atoms with E-state index >= 15 is 0 Å². The van der Waals surface area contributed by atoms with Crippen molar-refractivity contribution in [1.29, 1.82) is 0 Å². The summed E-state index contributed by atoms with van der Waals surface area (Å²) < 4.78 is 10.5. The van der Waals surface area contributed by atoms with Crippen LogP contribution in [-0.4, -0.2) is 53.8 Å². The Morgan fingerprint density at radius 3 is 2.20 bits per heavy atom. The number of unbranched alkanes of at least 4 members (excludes halogenated alkanes) is 1. The van der Waals surface area contributed by atoms with Crippen LogP contribution in [0.25, 0.3) is 0 Å². The summed E-state index contributed by atoms with van der Waals surface area (Å²) in [6.45, 7) is 1.75. The van der Waals surface area contributed by atoms with Gasteiger partial charge in [-0.25, -0.2) is 9.59 Å². The number of benzene rings is 2. The van der Waals surface area contributed by atoms with Gasteiger partial charge >= 0.3 is 11.9 Å². The Hall–Kier alpha value is -4.27. The molecule has 0 aromatic heterocycles.